The standard InChI is InChI=1S/C21H19N3O2/c1-16(25)22-19-10-5-11-20(13-19)23-21(26)15-24-12-6-9-18(14-24)17-7-3-2-4-8-17/h2-14H,15H2,1H3,(H-,22,23,25,26)/p+1. The lowest BCUT2D eigenvalue weighted by atomic mass is 10.1. The highest BCUT2D eigenvalue weighted by atomic mass is 16.2. The van der Waals surface area contributed by atoms with Crippen LogP contribution in [0.2, 0.25) is 0 Å². The minimum atomic E-state index is -0.151. The molecule has 0 unspecified atom stereocenters. The largest absolute Gasteiger partial charge is 0.326 e. The normalized spacial score (nSPS) is 10.2. The Hall–Kier alpha value is -3.47. The molecule has 5 nitrogen and oxygen atoms in total. The molecule has 2 N–H and O–H groups in total. The van der Waals surface area contributed by atoms with Gasteiger partial charge in [0.05, 0.1) is 0 Å². The molecule has 26 heavy (non-hydrogen) atoms. The van der Waals surface area contributed by atoms with E-state index in [0.29, 0.717) is 11.4 Å². The second-order valence-corrected chi connectivity index (χ2v) is 5.94. The van der Waals surface area contributed by atoms with Gasteiger partial charge in [-0.25, -0.2) is 0 Å². The molecule has 1 heterocycles. The zero-order valence-corrected chi connectivity index (χ0v) is 14.5. The minimum Gasteiger partial charge on any atom is -0.326 e. The molecular formula is C21H20N3O2+. The van der Waals surface area contributed by atoms with Crippen LogP contribution in [-0.2, 0) is 16.1 Å². The molecule has 0 saturated heterocycles. The van der Waals surface area contributed by atoms with Gasteiger partial charge in [0, 0.05) is 29.9 Å². The summed E-state index contributed by atoms with van der Waals surface area (Å²) >= 11 is 0. The van der Waals surface area contributed by atoms with Crippen molar-refractivity contribution < 1.29 is 14.2 Å². The molecule has 0 spiro atoms. The Kier molecular flexibility index (Phi) is 5.39. The number of aromatic nitrogens is 1. The van der Waals surface area contributed by atoms with Crippen LogP contribution in [0, 0.1) is 0 Å². The molecule has 130 valence electrons. The first-order valence-corrected chi connectivity index (χ1v) is 8.32. The summed E-state index contributed by atoms with van der Waals surface area (Å²) in [5.41, 5.74) is 3.44. The van der Waals surface area contributed by atoms with Gasteiger partial charge in [-0.05, 0) is 29.8 Å². The first kappa shape index (κ1) is 17.4. The lowest BCUT2D eigenvalue weighted by Gasteiger charge is -2.07. The summed E-state index contributed by atoms with van der Waals surface area (Å²) < 4.78 is 1.84. The monoisotopic (exact) mass is 346 g/mol. The lowest BCUT2D eigenvalue weighted by molar-refractivity contribution is -0.683. The number of amides is 2. The van der Waals surface area contributed by atoms with E-state index in [1.165, 1.54) is 6.92 Å². The summed E-state index contributed by atoms with van der Waals surface area (Å²) in [6.45, 7) is 1.65. The van der Waals surface area contributed by atoms with Crippen LogP contribution in [0.1, 0.15) is 6.92 Å². The van der Waals surface area contributed by atoms with Crippen molar-refractivity contribution in [2.75, 3.05) is 10.6 Å². The highest BCUT2D eigenvalue weighted by Gasteiger charge is 2.11. The van der Waals surface area contributed by atoms with Gasteiger partial charge >= 0.3 is 0 Å². The zero-order chi connectivity index (χ0) is 18.4. The molecular weight excluding hydrogens is 326 g/mol. The Morgan fingerprint density at radius 1 is 0.846 bits per heavy atom. The number of benzene rings is 2. The van der Waals surface area contributed by atoms with Gasteiger partial charge < -0.3 is 10.6 Å². The van der Waals surface area contributed by atoms with Crippen molar-refractivity contribution in [2.45, 2.75) is 13.5 Å². The van der Waals surface area contributed by atoms with E-state index in [2.05, 4.69) is 10.6 Å². The predicted molar refractivity (Wildman–Crippen MR) is 101 cm³/mol. The SMILES string of the molecule is CC(=O)Nc1cccc(NC(=O)C[n+]2cccc(-c3ccccc3)c2)c1. The van der Waals surface area contributed by atoms with E-state index in [4.69, 9.17) is 0 Å². The minimum absolute atomic E-state index is 0.139. The van der Waals surface area contributed by atoms with Crippen LogP contribution in [0.3, 0.4) is 0 Å². The smallest absolute Gasteiger partial charge is 0.290 e. The molecule has 0 bridgehead atoms. The van der Waals surface area contributed by atoms with Crippen LogP contribution in [0.25, 0.3) is 11.1 Å². The van der Waals surface area contributed by atoms with Gasteiger partial charge in [-0.1, -0.05) is 36.4 Å². The average Bonchev–Trinajstić information content (AvgIpc) is 2.62. The number of pyridine rings is 1. The van der Waals surface area contributed by atoms with E-state index in [1.807, 2.05) is 59.4 Å². The first-order chi connectivity index (χ1) is 12.6. The zero-order valence-electron chi connectivity index (χ0n) is 14.5. The summed E-state index contributed by atoms with van der Waals surface area (Å²) in [4.78, 5) is 23.5. The molecule has 0 atom stereocenters. The Bertz CT molecular complexity index is 923. The third-order valence-electron chi connectivity index (χ3n) is 3.76. The molecule has 2 amide bonds. The Balaban J connectivity index is 1.68. The molecule has 0 fully saturated rings. The fourth-order valence-corrected chi connectivity index (χ4v) is 2.67. The highest BCUT2D eigenvalue weighted by Crippen LogP contribution is 2.17. The van der Waals surface area contributed by atoms with Crippen LogP contribution in [0.4, 0.5) is 11.4 Å². The van der Waals surface area contributed by atoms with Crippen molar-refractivity contribution in [3.63, 3.8) is 0 Å². The van der Waals surface area contributed by atoms with E-state index in [-0.39, 0.29) is 18.4 Å². The number of carbonyl (C=O) groups is 2. The van der Waals surface area contributed by atoms with Gasteiger partial charge in [0.15, 0.2) is 12.4 Å². The van der Waals surface area contributed by atoms with Crippen molar-refractivity contribution in [1.29, 1.82) is 0 Å². The van der Waals surface area contributed by atoms with Crippen molar-refractivity contribution in [3.8, 4) is 11.1 Å². The Labute approximate surface area is 152 Å². The molecule has 0 aliphatic carbocycles. The Morgan fingerprint density at radius 3 is 2.27 bits per heavy atom. The number of rotatable bonds is 5. The van der Waals surface area contributed by atoms with Crippen LogP contribution < -0.4 is 15.2 Å². The van der Waals surface area contributed by atoms with E-state index >= 15 is 0 Å². The number of carbonyl (C=O) groups excluding carboxylic acids is 2. The fraction of sp³-hybridized carbons (Fsp3) is 0.0952. The molecule has 1 aromatic heterocycles. The molecule has 2 aromatic carbocycles. The third-order valence-corrected chi connectivity index (χ3v) is 3.76. The summed E-state index contributed by atoms with van der Waals surface area (Å²) in [7, 11) is 0. The van der Waals surface area contributed by atoms with E-state index < -0.39 is 0 Å². The molecule has 3 aromatic rings. The maximum Gasteiger partial charge on any atom is 0.290 e. The number of nitrogens with one attached hydrogen (secondary N) is 2. The van der Waals surface area contributed by atoms with Gasteiger partial charge in [-0.15, -0.1) is 0 Å². The summed E-state index contributed by atoms with van der Waals surface area (Å²) in [6, 6.07) is 21.0. The van der Waals surface area contributed by atoms with Gasteiger partial charge in [-0.2, -0.15) is 4.57 Å². The molecule has 0 aliphatic rings. The summed E-state index contributed by atoms with van der Waals surface area (Å²) in [5.74, 6) is -0.290. The molecule has 3 rings (SSSR count). The van der Waals surface area contributed by atoms with Crippen LogP contribution in [0.5, 0.6) is 0 Å². The maximum atomic E-state index is 12.3. The molecule has 0 aliphatic heterocycles. The molecule has 0 saturated carbocycles. The van der Waals surface area contributed by atoms with Crippen LogP contribution >= 0.6 is 0 Å². The topological polar surface area (TPSA) is 62.1 Å². The van der Waals surface area contributed by atoms with E-state index in [1.54, 1.807) is 24.3 Å². The second kappa shape index (κ2) is 8.07. The average molecular weight is 346 g/mol. The second-order valence-electron chi connectivity index (χ2n) is 5.94. The fourth-order valence-electron chi connectivity index (χ4n) is 2.67. The molecule has 5 heteroatoms. The maximum absolute atomic E-state index is 12.3. The quantitative estimate of drug-likeness (QED) is 0.697. The van der Waals surface area contributed by atoms with Crippen molar-refractivity contribution >= 4 is 23.2 Å². The first-order valence-electron chi connectivity index (χ1n) is 8.32. The summed E-state index contributed by atoms with van der Waals surface area (Å²) in [6.07, 6.45) is 3.81. The van der Waals surface area contributed by atoms with Crippen LogP contribution in [0.15, 0.2) is 79.1 Å². The van der Waals surface area contributed by atoms with E-state index in [9.17, 15) is 9.59 Å². The van der Waals surface area contributed by atoms with E-state index in [0.717, 1.165) is 11.1 Å². The lowest BCUT2D eigenvalue weighted by Crippen LogP contribution is -2.39. The van der Waals surface area contributed by atoms with Gasteiger partial charge in [-0.3, -0.25) is 9.59 Å². The van der Waals surface area contributed by atoms with Crippen LogP contribution in [-0.4, -0.2) is 11.8 Å². The number of anilines is 2. The van der Waals surface area contributed by atoms with Crippen molar-refractivity contribution in [2.24, 2.45) is 0 Å². The van der Waals surface area contributed by atoms with Gasteiger partial charge in [0.1, 0.15) is 0 Å². The summed E-state index contributed by atoms with van der Waals surface area (Å²) in [5, 5.41) is 5.55. The third kappa shape index (κ3) is 4.77. The van der Waals surface area contributed by atoms with Gasteiger partial charge in [0.25, 0.3) is 5.91 Å². The van der Waals surface area contributed by atoms with Gasteiger partial charge in [0.2, 0.25) is 12.5 Å². The number of hydrogen-bond donors (Lipinski definition) is 2. The van der Waals surface area contributed by atoms with Crippen molar-refractivity contribution in [1.82, 2.24) is 0 Å². The molecule has 0 radical (unpaired) electrons. The predicted octanol–water partition coefficient (Wildman–Crippen LogP) is 3.24. The van der Waals surface area contributed by atoms with Crippen molar-refractivity contribution in [3.05, 3.63) is 79.1 Å². The highest BCUT2D eigenvalue weighted by molar-refractivity contribution is 5.92. The Morgan fingerprint density at radius 2 is 1.54 bits per heavy atom. The number of nitrogens with zero attached hydrogens (tertiary/aromatic N) is 1. The number of hydrogen-bond acceptors (Lipinski definition) is 2.